The van der Waals surface area contributed by atoms with Crippen LogP contribution in [-0.4, -0.2) is 19.7 Å². The Hall–Kier alpha value is -2.34. The summed E-state index contributed by atoms with van der Waals surface area (Å²) in [6.45, 7) is 1.81. The first-order valence-electron chi connectivity index (χ1n) is 5.56. The first kappa shape index (κ1) is 11.7. The zero-order chi connectivity index (χ0) is 13.6. The summed E-state index contributed by atoms with van der Waals surface area (Å²) in [7, 11) is 0. The maximum absolute atomic E-state index is 12.0. The minimum Gasteiger partial charge on any atom is -0.384 e. The maximum Gasteiger partial charge on any atom is 0.260 e. The van der Waals surface area contributed by atoms with Gasteiger partial charge in [0.05, 0.1) is 27.9 Å². The molecule has 0 atom stereocenters. The number of halogens is 1. The SMILES string of the molecule is Cc1cc(N)n(-c2c(Cl)ccc3nc[nH]c(=O)c23)n1. The molecule has 0 spiro atoms. The quantitative estimate of drug-likeness (QED) is 0.707. The van der Waals surface area contributed by atoms with E-state index in [0.717, 1.165) is 5.69 Å². The number of aromatic nitrogens is 4. The molecule has 0 aliphatic heterocycles. The molecule has 2 aromatic heterocycles. The van der Waals surface area contributed by atoms with Gasteiger partial charge in [-0.1, -0.05) is 11.6 Å². The molecule has 0 radical (unpaired) electrons. The molecule has 3 rings (SSSR count). The van der Waals surface area contributed by atoms with E-state index in [1.807, 2.05) is 6.92 Å². The van der Waals surface area contributed by atoms with E-state index in [1.54, 1.807) is 18.2 Å². The lowest BCUT2D eigenvalue weighted by Crippen LogP contribution is -2.12. The zero-order valence-corrected chi connectivity index (χ0v) is 10.8. The number of H-pyrrole nitrogens is 1. The average molecular weight is 276 g/mol. The second kappa shape index (κ2) is 4.10. The summed E-state index contributed by atoms with van der Waals surface area (Å²) >= 11 is 6.19. The molecule has 0 aliphatic rings. The number of nitrogens with zero attached hydrogens (tertiary/aromatic N) is 3. The van der Waals surface area contributed by atoms with Crippen LogP contribution in [0.15, 0.2) is 29.3 Å². The Kier molecular flexibility index (Phi) is 2.53. The Morgan fingerprint density at radius 1 is 1.42 bits per heavy atom. The predicted octanol–water partition coefficient (Wildman–Crippen LogP) is 1.65. The number of hydrogen-bond donors (Lipinski definition) is 2. The fourth-order valence-electron chi connectivity index (χ4n) is 2.02. The largest absolute Gasteiger partial charge is 0.384 e. The summed E-state index contributed by atoms with van der Waals surface area (Å²) in [5, 5.41) is 5.01. The van der Waals surface area contributed by atoms with Crippen molar-refractivity contribution in [3.63, 3.8) is 0 Å². The molecule has 3 N–H and O–H groups in total. The van der Waals surface area contributed by atoms with E-state index in [4.69, 9.17) is 17.3 Å². The van der Waals surface area contributed by atoms with Crippen LogP contribution in [0.3, 0.4) is 0 Å². The third-order valence-corrected chi connectivity index (χ3v) is 3.11. The van der Waals surface area contributed by atoms with E-state index in [2.05, 4.69) is 15.1 Å². The molecule has 96 valence electrons. The molecule has 0 saturated carbocycles. The first-order chi connectivity index (χ1) is 9.08. The van der Waals surface area contributed by atoms with Gasteiger partial charge in [0, 0.05) is 6.07 Å². The summed E-state index contributed by atoms with van der Waals surface area (Å²) in [4.78, 5) is 18.6. The Balaban J connectivity index is 2.50. The molecular weight excluding hydrogens is 266 g/mol. The van der Waals surface area contributed by atoms with Crippen LogP contribution in [0.25, 0.3) is 16.6 Å². The number of anilines is 1. The van der Waals surface area contributed by atoms with Crippen LogP contribution in [0, 0.1) is 6.92 Å². The number of benzene rings is 1. The Labute approximate surface area is 112 Å². The van der Waals surface area contributed by atoms with E-state index in [9.17, 15) is 4.79 Å². The van der Waals surface area contributed by atoms with Crippen LogP contribution in [0.5, 0.6) is 0 Å². The van der Waals surface area contributed by atoms with Crippen LogP contribution in [-0.2, 0) is 0 Å². The monoisotopic (exact) mass is 275 g/mol. The molecular formula is C12H10ClN5O. The highest BCUT2D eigenvalue weighted by Gasteiger charge is 2.15. The molecule has 2 heterocycles. The van der Waals surface area contributed by atoms with Gasteiger partial charge >= 0.3 is 0 Å². The minimum atomic E-state index is -0.282. The van der Waals surface area contributed by atoms with E-state index < -0.39 is 0 Å². The van der Waals surface area contributed by atoms with Crippen molar-refractivity contribution in [3.8, 4) is 5.69 Å². The van der Waals surface area contributed by atoms with Crippen molar-refractivity contribution >= 4 is 28.3 Å². The van der Waals surface area contributed by atoms with E-state index in [0.29, 0.717) is 27.4 Å². The molecule has 0 fully saturated rings. The smallest absolute Gasteiger partial charge is 0.260 e. The van der Waals surface area contributed by atoms with Crippen molar-refractivity contribution in [2.24, 2.45) is 0 Å². The normalized spacial score (nSPS) is 11.1. The lowest BCUT2D eigenvalue weighted by atomic mass is 10.2. The highest BCUT2D eigenvalue weighted by molar-refractivity contribution is 6.33. The highest BCUT2D eigenvalue weighted by atomic mass is 35.5. The number of aryl methyl sites for hydroxylation is 1. The van der Waals surface area contributed by atoms with Crippen LogP contribution in [0.2, 0.25) is 5.02 Å². The third kappa shape index (κ3) is 1.77. The molecule has 0 amide bonds. The summed E-state index contributed by atoms with van der Waals surface area (Å²) in [6, 6.07) is 5.06. The second-order valence-electron chi connectivity index (χ2n) is 4.14. The number of hydrogen-bond acceptors (Lipinski definition) is 4. The van der Waals surface area contributed by atoms with Crippen molar-refractivity contribution in [2.45, 2.75) is 6.92 Å². The molecule has 1 aromatic carbocycles. The fraction of sp³-hybridized carbons (Fsp3) is 0.0833. The third-order valence-electron chi connectivity index (χ3n) is 2.80. The minimum absolute atomic E-state index is 0.282. The molecule has 19 heavy (non-hydrogen) atoms. The second-order valence-corrected chi connectivity index (χ2v) is 4.55. The van der Waals surface area contributed by atoms with Gasteiger partial charge in [0.1, 0.15) is 11.5 Å². The Bertz CT molecular complexity index is 836. The van der Waals surface area contributed by atoms with Gasteiger partial charge in [0.25, 0.3) is 5.56 Å². The fourth-order valence-corrected chi connectivity index (χ4v) is 2.26. The first-order valence-corrected chi connectivity index (χ1v) is 5.94. The average Bonchev–Trinajstić information content (AvgIpc) is 2.69. The number of nitrogen functional groups attached to an aromatic ring is 1. The maximum atomic E-state index is 12.0. The molecule has 6 nitrogen and oxygen atoms in total. The van der Waals surface area contributed by atoms with Crippen LogP contribution >= 0.6 is 11.6 Å². The van der Waals surface area contributed by atoms with Gasteiger partial charge in [-0.3, -0.25) is 4.79 Å². The number of nitrogens with two attached hydrogens (primary N) is 1. The van der Waals surface area contributed by atoms with Gasteiger partial charge in [0.15, 0.2) is 0 Å². The van der Waals surface area contributed by atoms with E-state index in [1.165, 1.54) is 11.0 Å². The molecule has 7 heteroatoms. The molecule has 0 bridgehead atoms. The molecule has 0 aliphatic carbocycles. The summed E-state index contributed by atoms with van der Waals surface area (Å²) in [6.07, 6.45) is 1.35. The number of fused-ring (bicyclic) bond motifs is 1. The lowest BCUT2D eigenvalue weighted by Gasteiger charge is -2.09. The van der Waals surface area contributed by atoms with Gasteiger partial charge in [-0.2, -0.15) is 5.10 Å². The van der Waals surface area contributed by atoms with Gasteiger partial charge < -0.3 is 10.7 Å². The highest BCUT2D eigenvalue weighted by Crippen LogP contribution is 2.28. The standard InChI is InChI=1S/C12H10ClN5O/c1-6-4-9(14)18(17-6)11-7(13)2-3-8-10(11)12(19)16-5-15-8/h2-5H,14H2,1H3,(H,15,16,19). The van der Waals surface area contributed by atoms with Crippen molar-refractivity contribution in [1.82, 2.24) is 19.7 Å². The molecule has 0 saturated heterocycles. The summed E-state index contributed by atoms with van der Waals surface area (Å²) in [5.41, 5.74) is 7.33. The molecule has 0 unspecified atom stereocenters. The van der Waals surface area contributed by atoms with Gasteiger partial charge in [-0.25, -0.2) is 9.67 Å². The van der Waals surface area contributed by atoms with Gasteiger partial charge in [-0.05, 0) is 19.1 Å². The zero-order valence-electron chi connectivity index (χ0n) is 10.0. The van der Waals surface area contributed by atoms with Crippen molar-refractivity contribution < 1.29 is 0 Å². The number of nitrogens with one attached hydrogen (secondary N) is 1. The van der Waals surface area contributed by atoms with Crippen LogP contribution < -0.4 is 11.3 Å². The predicted molar refractivity (Wildman–Crippen MR) is 73.6 cm³/mol. The number of rotatable bonds is 1. The number of aromatic amines is 1. The lowest BCUT2D eigenvalue weighted by molar-refractivity contribution is 0.877. The van der Waals surface area contributed by atoms with Gasteiger partial charge in [0.2, 0.25) is 0 Å². The van der Waals surface area contributed by atoms with E-state index >= 15 is 0 Å². The van der Waals surface area contributed by atoms with E-state index in [-0.39, 0.29) is 5.56 Å². The Morgan fingerprint density at radius 2 is 2.21 bits per heavy atom. The summed E-state index contributed by atoms with van der Waals surface area (Å²) in [5.74, 6) is 0.412. The van der Waals surface area contributed by atoms with Crippen LogP contribution in [0.4, 0.5) is 5.82 Å². The van der Waals surface area contributed by atoms with Crippen molar-refractivity contribution in [3.05, 3.63) is 45.6 Å². The molecule has 3 aromatic rings. The van der Waals surface area contributed by atoms with Crippen LogP contribution in [0.1, 0.15) is 5.69 Å². The van der Waals surface area contributed by atoms with Crippen molar-refractivity contribution in [2.75, 3.05) is 5.73 Å². The Morgan fingerprint density at radius 3 is 2.89 bits per heavy atom. The summed E-state index contributed by atoms with van der Waals surface area (Å²) < 4.78 is 1.46. The topological polar surface area (TPSA) is 89.6 Å². The van der Waals surface area contributed by atoms with Crippen molar-refractivity contribution in [1.29, 1.82) is 0 Å². The van der Waals surface area contributed by atoms with Gasteiger partial charge in [-0.15, -0.1) is 0 Å².